The maximum absolute atomic E-state index is 4.55. The Bertz CT molecular complexity index is 330. The van der Waals surface area contributed by atoms with Crippen molar-refractivity contribution in [2.24, 2.45) is 0 Å². The van der Waals surface area contributed by atoms with Crippen LogP contribution in [0.4, 0.5) is 5.82 Å². The maximum Gasteiger partial charge on any atom is 0.134 e. The van der Waals surface area contributed by atoms with Crippen LogP contribution in [0, 0.1) is 6.92 Å². The van der Waals surface area contributed by atoms with Gasteiger partial charge >= 0.3 is 0 Å². The van der Waals surface area contributed by atoms with Gasteiger partial charge in [-0.2, -0.15) is 0 Å². The van der Waals surface area contributed by atoms with Crippen molar-refractivity contribution >= 4 is 5.82 Å². The Balaban J connectivity index is 2.22. The number of anilines is 1. The molecule has 15 heavy (non-hydrogen) atoms. The minimum atomic E-state index is 0.589. The van der Waals surface area contributed by atoms with Gasteiger partial charge in [-0.05, 0) is 19.8 Å². The Kier molecular flexibility index (Phi) is 3.19. The SMILES string of the molecule is CNc1cc(C)nc(C2CCCCC2)n1. The molecule has 1 aromatic heterocycles. The molecule has 0 atom stereocenters. The van der Waals surface area contributed by atoms with Crippen molar-refractivity contribution in [1.82, 2.24) is 9.97 Å². The highest BCUT2D eigenvalue weighted by Gasteiger charge is 2.18. The Labute approximate surface area is 91.3 Å². The molecule has 0 spiro atoms. The van der Waals surface area contributed by atoms with Crippen molar-refractivity contribution in [2.45, 2.75) is 44.9 Å². The zero-order chi connectivity index (χ0) is 10.7. The summed E-state index contributed by atoms with van der Waals surface area (Å²) >= 11 is 0. The van der Waals surface area contributed by atoms with Gasteiger partial charge in [0.05, 0.1) is 0 Å². The molecule has 1 heterocycles. The summed E-state index contributed by atoms with van der Waals surface area (Å²) < 4.78 is 0. The van der Waals surface area contributed by atoms with Crippen LogP contribution < -0.4 is 5.32 Å². The van der Waals surface area contributed by atoms with E-state index >= 15 is 0 Å². The van der Waals surface area contributed by atoms with Gasteiger partial charge in [0, 0.05) is 24.7 Å². The standard InChI is InChI=1S/C12H19N3/c1-9-8-11(13-2)15-12(14-9)10-6-4-3-5-7-10/h8,10H,3-7H2,1-2H3,(H,13,14,15). The molecule has 1 aliphatic rings. The van der Waals surface area contributed by atoms with Gasteiger partial charge in [-0.1, -0.05) is 19.3 Å². The topological polar surface area (TPSA) is 37.8 Å². The van der Waals surface area contributed by atoms with E-state index in [1.807, 2.05) is 20.0 Å². The van der Waals surface area contributed by atoms with Crippen LogP contribution in [0.15, 0.2) is 6.07 Å². The molecule has 0 aliphatic heterocycles. The van der Waals surface area contributed by atoms with Gasteiger partial charge < -0.3 is 5.32 Å². The van der Waals surface area contributed by atoms with Gasteiger partial charge in [-0.25, -0.2) is 9.97 Å². The third-order valence-corrected chi connectivity index (χ3v) is 3.10. The lowest BCUT2D eigenvalue weighted by molar-refractivity contribution is 0.428. The van der Waals surface area contributed by atoms with Crippen LogP contribution in [0.5, 0.6) is 0 Å². The molecule has 0 bridgehead atoms. The van der Waals surface area contributed by atoms with Crippen molar-refractivity contribution in [3.8, 4) is 0 Å². The smallest absolute Gasteiger partial charge is 0.134 e. The molecule has 0 unspecified atom stereocenters. The van der Waals surface area contributed by atoms with E-state index in [0.717, 1.165) is 17.3 Å². The number of nitrogens with zero attached hydrogens (tertiary/aromatic N) is 2. The number of hydrogen-bond acceptors (Lipinski definition) is 3. The number of nitrogens with one attached hydrogen (secondary N) is 1. The lowest BCUT2D eigenvalue weighted by Crippen LogP contribution is -2.10. The number of rotatable bonds is 2. The van der Waals surface area contributed by atoms with Crippen LogP contribution in [0.1, 0.15) is 49.5 Å². The van der Waals surface area contributed by atoms with Gasteiger partial charge in [0.1, 0.15) is 11.6 Å². The number of hydrogen-bond donors (Lipinski definition) is 1. The molecule has 0 amide bonds. The fraction of sp³-hybridized carbons (Fsp3) is 0.667. The van der Waals surface area contributed by atoms with E-state index in [2.05, 4.69) is 15.3 Å². The first-order valence-corrected chi connectivity index (χ1v) is 5.83. The maximum atomic E-state index is 4.55. The summed E-state index contributed by atoms with van der Waals surface area (Å²) in [5.41, 5.74) is 1.06. The molecule has 1 aromatic rings. The molecule has 82 valence electrons. The van der Waals surface area contributed by atoms with Gasteiger partial charge in [0.2, 0.25) is 0 Å². The summed E-state index contributed by atoms with van der Waals surface area (Å²) in [4.78, 5) is 9.11. The Hall–Kier alpha value is -1.12. The molecule has 1 fully saturated rings. The van der Waals surface area contributed by atoms with Gasteiger partial charge in [0.25, 0.3) is 0 Å². The Morgan fingerprint density at radius 3 is 2.60 bits per heavy atom. The molecule has 0 radical (unpaired) electrons. The lowest BCUT2D eigenvalue weighted by atomic mass is 9.88. The summed E-state index contributed by atoms with van der Waals surface area (Å²) in [6.45, 7) is 2.04. The predicted octanol–water partition coefficient (Wildman–Crippen LogP) is 2.87. The van der Waals surface area contributed by atoms with E-state index in [9.17, 15) is 0 Å². The van der Waals surface area contributed by atoms with Crippen LogP contribution >= 0.6 is 0 Å². The number of aryl methyl sites for hydroxylation is 1. The van der Waals surface area contributed by atoms with Gasteiger partial charge in [0.15, 0.2) is 0 Å². The van der Waals surface area contributed by atoms with Crippen molar-refractivity contribution in [1.29, 1.82) is 0 Å². The number of aromatic nitrogens is 2. The average molecular weight is 205 g/mol. The van der Waals surface area contributed by atoms with Crippen LogP contribution in [-0.4, -0.2) is 17.0 Å². The highest BCUT2D eigenvalue weighted by molar-refractivity contribution is 5.35. The van der Waals surface area contributed by atoms with E-state index in [1.165, 1.54) is 32.1 Å². The normalized spacial score (nSPS) is 17.7. The first-order chi connectivity index (χ1) is 7.29. The zero-order valence-corrected chi connectivity index (χ0v) is 9.58. The highest BCUT2D eigenvalue weighted by atomic mass is 15.0. The molecular weight excluding hydrogens is 186 g/mol. The quantitative estimate of drug-likeness (QED) is 0.806. The summed E-state index contributed by atoms with van der Waals surface area (Å²) in [6, 6.07) is 1.99. The van der Waals surface area contributed by atoms with Crippen molar-refractivity contribution in [3.63, 3.8) is 0 Å². The third-order valence-electron chi connectivity index (χ3n) is 3.10. The largest absolute Gasteiger partial charge is 0.373 e. The fourth-order valence-electron chi connectivity index (χ4n) is 2.26. The fourth-order valence-corrected chi connectivity index (χ4v) is 2.26. The molecule has 1 N–H and O–H groups in total. The van der Waals surface area contributed by atoms with Crippen LogP contribution in [0.2, 0.25) is 0 Å². The highest BCUT2D eigenvalue weighted by Crippen LogP contribution is 2.31. The Morgan fingerprint density at radius 1 is 1.20 bits per heavy atom. The molecule has 2 rings (SSSR count). The van der Waals surface area contributed by atoms with Gasteiger partial charge in [-0.3, -0.25) is 0 Å². The van der Waals surface area contributed by atoms with E-state index in [0.29, 0.717) is 5.92 Å². The van der Waals surface area contributed by atoms with Gasteiger partial charge in [-0.15, -0.1) is 0 Å². The third kappa shape index (κ3) is 2.46. The second-order valence-corrected chi connectivity index (χ2v) is 4.34. The minimum absolute atomic E-state index is 0.589. The monoisotopic (exact) mass is 205 g/mol. The molecule has 0 aromatic carbocycles. The average Bonchev–Trinajstić information content (AvgIpc) is 2.29. The van der Waals surface area contributed by atoms with Crippen molar-refractivity contribution in [3.05, 3.63) is 17.6 Å². The van der Waals surface area contributed by atoms with Crippen molar-refractivity contribution < 1.29 is 0 Å². The van der Waals surface area contributed by atoms with Crippen LogP contribution in [0.25, 0.3) is 0 Å². The van der Waals surface area contributed by atoms with Crippen LogP contribution in [0.3, 0.4) is 0 Å². The molecule has 3 heteroatoms. The lowest BCUT2D eigenvalue weighted by Gasteiger charge is -2.20. The molecule has 0 saturated heterocycles. The summed E-state index contributed by atoms with van der Waals surface area (Å²) in [5.74, 6) is 2.58. The van der Waals surface area contributed by atoms with E-state index in [1.54, 1.807) is 0 Å². The second kappa shape index (κ2) is 4.60. The van der Waals surface area contributed by atoms with E-state index in [4.69, 9.17) is 0 Å². The molecular formula is C12H19N3. The predicted molar refractivity (Wildman–Crippen MR) is 62.1 cm³/mol. The minimum Gasteiger partial charge on any atom is -0.373 e. The first-order valence-electron chi connectivity index (χ1n) is 5.83. The second-order valence-electron chi connectivity index (χ2n) is 4.34. The van der Waals surface area contributed by atoms with Crippen molar-refractivity contribution in [2.75, 3.05) is 12.4 Å². The van der Waals surface area contributed by atoms with E-state index in [-0.39, 0.29) is 0 Å². The zero-order valence-electron chi connectivity index (χ0n) is 9.58. The Morgan fingerprint density at radius 2 is 1.93 bits per heavy atom. The summed E-state index contributed by atoms with van der Waals surface area (Å²) in [7, 11) is 1.91. The van der Waals surface area contributed by atoms with E-state index < -0.39 is 0 Å². The summed E-state index contributed by atoms with van der Waals surface area (Å²) in [5, 5.41) is 3.10. The summed E-state index contributed by atoms with van der Waals surface area (Å²) in [6.07, 6.45) is 6.55. The molecule has 1 aliphatic carbocycles. The molecule has 3 nitrogen and oxygen atoms in total. The first kappa shape index (κ1) is 10.4. The molecule has 1 saturated carbocycles. The van der Waals surface area contributed by atoms with Crippen LogP contribution in [-0.2, 0) is 0 Å².